The van der Waals surface area contributed by atoms with Crippen molar-refractivity contribution in [1.29, 1.82) is 0 Å². The number of amides is 1. The van der Waals surface area contributed by atoms with Crippen molar-refractivity contribution in [2.75, 3.05) is 11.0 Å². The molecule has 5 heterocycles. The number of oxazole rings is 1. The van der Waals surface area contributed by atoms with Crippen LogP contribution in [0.3, 0.4) is 0 Å². The van der Waals surface area contributed by atoms with E-state index in [-0.39, 0.29) is 61.8 Å². The molecule has 1 fully saturated rings. The first kappa shape index (κ1) is 41.2. The Kier molecular flexibility index (Phi) is 9.42. The molecule has 8 aromatic rings. The smallest absolute Gasteiger partial charge is 0.293 e. The van der Waals surface area contributed by atoms with Gasteiger partial charge in [0.15, 0.2) is 23.4 Å². The minimum absolute atomic E-state index is 0.0130. The molecule has 0 spiro atoms. The predicted molar refractivity (Wildman–Crippen MR) is 219 cm³/mol. The molecule has 3 aromatic carbocycles. The molecule has 23 heteroatoms. The second-order valence-corrected chi connectivity index (χ2v) is 17.8. The maximum absolute atomic E-state index is 15.6. The van der Waals surface area contributed by atoms with Crippen molar-refractivity contribution in [2.45, 2.75) is 43.7 Å². The summed E-state index contributed by atoms with van der Waals surface area (Å²) < 4.78 is 124. The van der Waals surface area contributed by atoms with Crippen LogP contribution >= 0.6 is 11.6 Å². The fourth-order valence-electron chi connectivity index (χ4n) is 8.64. The van der Waals surface area contributed by atoms with Crippen molar-refractivity contribution < 1.29 is 44.0 Å². The van der Waals surface area contributed by atoms with Crippen molar-refractivity contribution in [3.05, 3.63) is 122 Å². The monoisotopic (exact) mass is 922 g/mol. The third-order valence-electron chi connectivity index (χ3n) is 11.3. The molecule has 5 aromatic heterocycles. The highest BCUT2D eigenvalue weighted by molar-refractivity contribution is 7.92. The number of carbonyl (C=O) groups is 1. The van der Waals surface area contributed by atoms with Crippen LogP contribution in [0.2, 0.25) is 5.02 Å². The van der Waals surface area contributed by atoms with Gasteiger partial charge in [0.1, 0.15) is 40.9 Å². The molecule has 10 rings (SSSR count). The molecule has 0 aliphatic heterocycles. The van der Waals surface area contributed by atoms with Gasteiger partial charge in [-0.3, -0.25) is 28.2 Å². The Balaban J connectivity index is 1.18. The molecular weight excluding hydrogens is 894 g/mol. The van der Waals surface area contributed by atoms with Crippen molar-refractivity contribution in [3.8, 4) is 16.9 Å². The van der Waals surface area contributed by atoms with Gasteiger partial charge in [-0.15, -0.1) is 0 Å². The van der Waals surface area contributed by atoms with E-state index in [0.717, 1.165) is 23.0 Å². The van der Waals surface area contributed by atoms with Crippen molar-refractivity contribution in [1.82, 2.24) is 44.4 Å². The highest BCUT2D eigenvalue weighted by Gasteiger charge is 2.67. The van der Waals surface area contributed by atoms with Crippen LogP contribution in [0.4, 0.5) is 32.2 Å². The fourth-order valence-corrected chi connectivity index (χ4v) is 9.37. The van der Waals surface area contributed by atoms with Crippen LogP contribution in [-0.4, -0.2) is 59.7 Å². The first-order valence-corrected chi connectivity index (χ1v) is 21.5. The largest absolute Gasteiger partial charge is 0.443 e. The first-order valence-electron chi connectivity index (χ1n) is 19.3. The number of carbonyl (C=O) groups excluding carboxylic acids is 1. The summed E-state index contributed by atoms with van der Waals surface area (Å²) in [5.74, 6) is -9.20. The number of anilines is 1. The van der Waals surface area contributed by atoms with E-state index in [1.165, 1.54) is 36.3 Å². The lowest BCUT2D eigenvalue weighted by atomic mass is 10.0. The lowest BCUT2D eigenvalue weighted by Crippen LogP contribution is -2.38. The number of alkyl halides is 4. The third kappa shape index (κ3) is 6.91. The number of fused-ring (bicyclic) bond motifs is 6. The van der Waals surface area contributed by atoms with Gasteiger partial charge in [0.2, 0.25) is 15.9 Å². The number of nitrogens with zero attached hydrogens (tertiary/aromatic N) is 8. The number of nitrogens with one attached hydrogen (secondary N) is 2. The zero-order valence-electron chi connectivity index (χ0n) is 33.0. The van der Waals surface area contributed by atoms with Gasteiger partial charge < -0.3 is 9.73 Å². The van der Waals surface area contributed by atoms with Gasteiger partial charge in [0.25, 0.3) is 17.9 Å². The van der Waals surface area contributed by atoms with Crippen LogP contribution < -0.4 is 15.6 Å². The summed E-state index contributed by atoms with van der Waals surface area (Å²) in [6.07, 6.45) is -1.57. The molecule has 2 N–H and O–H groups in total. The summed E-state index contributed by atoms with van der Waals surface area (Å²) in [6, 6.07) is 11.8. The summed E-state index contributed by atoms with van der Waals surface area (Å²) in [7, 11) is -2.48. The Morgan fingerprint density at radius 3 is 2.53 bits per heavy atom. The topological polar surface area (TPSA) is 185 Å². The normalized spacial score (nSPS) is 17.0. The van der Waals surface area contributed by atoms with Crippen molar-refractivity contribution in [2.24, 2.45) is 13.0 Å². The van der Waals surface area contributed by atoms with E-state index in [2.05, 4.69) is 30.2 Å². The predicted octanol–water partition coefficient (Wildman–Crippen LogP) is 7.22. The zero-order chi connectivity index (χ0) is 45.1. The molecule has 0 saturated heterocycles. The van der Waals surface area contributed by atoms with Gasteiger partial charge >= 0.3 is 0 Å². The molecule has 2 aliphatic carbocycles. The molecule has 328 valence electrons. The van der Waals surface area contributed by atoms with Gasteiger partial charge in [0, 0.05) is 36.6 Å². The molecule has 0 unspecified atom stereocenters. The van der Waals surface area contributed by atoms with Crippen molar-refractivity contribution >= 4 is 66.4 Å². The summed E-state index contributed by atoms with van der Waals surface area (Å²) in [5, 5.41) is 10.7. The van der Waals surface area contributed by atoms with E-state index in [9.17, 15) is 30.8 Å². The number of hydrogen-bond acceptors (Lipinski definition) is 10. The molecular formula is C41H29ClF6N10O5S. The average Bonchev–Trinajstić information content (AvgIpc) is 3.44. The molecule has 3 atom stereocenters. The third-order valence-corrected chi connectivity index (χ3v) is 12.2. The van der Waals surface area contributed by atoms with E-state index in [0.29, 0.717) is 33.1 Å². The minimum atomic E-state index is -3.93. The Bertz CT molecular complexity index is 3440. The van der Waals surface area contributed by atoms with E-state index in [1.807, 2.05) is 0 Å². The number of sulfonamides is 1. The number of aromatic nitrogens is 8. The van der Waals surface area contributed by atoms with Crippen LogP contribution in [0.15, 0.2) is 76.3 Å². The quantitative estimate of drug-likeness (QED) is 0.126. The molecule has 0 radical (unpaired) electrons. The number of pyridine rings is 1. The maximum Gasteiger partial charge on any atom is 0.293 e. The Morgan fingerprint density at radius 2 is 1.80 bits per heavy atom. The molecule has 1 amide bonds. The van der Waals surface area contributed by atoms with Crippen molar-refractivity contribution in [3.63, 3.8) is 0 Å². The molecule has 64 heavy (non-hydrogen) atoms. The minimum Gasteiger partial charge on any atom is -0.443 e. The van der Waals surface area contributed by atoms with Gasteiger partial charge in [-0.05, 0) is 72.5 Å². The maximum atomic E-state index is 15.6. The summed E-state index contributed by atoms with van der Waals surface area (Å²) in [5.41, 5.74) is -1.06. The highest BCUT2D eigenvalue weighted by atomic mass is 35.5. The number of hydrogen-bond donors (Lipinski definition) is 2. The van der Waals surface area contributed by atoms with Crippen LogP contribution in [0.25, 0.3) is 50.0 Å². The molecule has 0 bridgehead atoms. The Morgan fingerprint density at radius 1 is 1.03 bits per heavy atom. The van der Waals surface area contributed by atoms with Gasteiger partial charge in [0.05, 0.1) is 45.0 Å². The number of aryl methyl sites for hydroxylation is 1. The zero-order valence-corrected chi connectivity index (χ0v) is 34.5. The molecule has 15 nitrogen and oxygen atoms in total. The lowest BCUT2D eigenvalue weighted by Gasteiger charge is -2.24. The van der Waals surface area contributed by atoms with Crippen LogP contribution in [-0.2, 0) is 40.8 Å². The number of rotatable bonds is 11. The molecule has 1 saturated carbocycles. The SMILES string of the molecule is Cn1nc(NS(C)(=O)=O)c2c(Cl)ccc(-n3c([C@H](Cc4cc(F)cc(F)c4)NC(=O)Cn4nc(C(F)F)c5c4C(F)(F)[C@@H]4C[C@H]54)nc4nc(-c5ccc6ocnc6c5)ccc4c3=O)c21. The van der Waals surface area contributed by atoms with Crippen LogP contribution in [0, 0.1) is 17.6 Å². The number of benzene rings is 3. The first-order chi connectivity index (χ1) is 30.4. The second kappa shape index (κ2) is 14.6. The molecule has 2 aliphatic rings. The van der Waals surface area contributed by atoms with Crippen LogP contribution in [0.1, 0.15) is 53.1 Å². The summed E-state index contributed by atoms with van der Waals surface area (Å²) >= 11 is 6.63. The lowest BCUT2D eigenvalue weighted by molar-refractivity contribution is -0.123. The average molecular weight is 923 g/mol. The fraction of sp³-hybridized carbons (Fsp3) is 0.244. The standard InChI is InChI=1S/C41H29ClF6N10O5S/c1-56-34-28(7-5-24(42)32(34)38(54-56)55-64(2,61)62)58-39(52-37-21(40(58)60)4-6-25(51-37)18-3-8-29-26(12-18)49-16-63-29)27(11-17-9-19(43)13-20(44)10-17)50-30(59)15-57-35-31(33(53-57)36(45)46)22-14-23(22)41(35,47)48/h3-10,12-13,16,22-23,27,36H,11,14-15H2,1-2H3,(H,50,59)(H,54,55)/t22-,23+,27-/m0/s1. The van der Waals surface area contributed by atoms with Gasteiger partial charge in [-0.2, -0.15) is 19.0 Å². The van der Waals surface area contributed by atoms with Gasteiger partial charge in [-0.1, -0.05) is 11.6 Å². The Labute approximate surface area is 360 Å². The summed E-state index contributed by atoms with van der Waals surface area (Å²) in [6.45, 7) is -1.00. The van der Waals surface area contributed by atoms with E-state index in [4.69, 9.17) is 21.0 Å². The number of halogens is 7. The van der Waals surface area contributed by atoms with E-state index in [1.54, 1.807) is 24.3 Å². The van der Waals surface area contributed by atoms with E-state index < -0.39 is 87.7 Å². The highest BCUT2D eigenvalue weighted by Crippen LogP contribution is 2.68. The second-order valence-electron chi connectivity index (χ2n) is 15.6. The van der Waals surface area contributed by atoms with Gasteiger partial charge in [-0.25, -0.2) is 40.9 Å². The van der Waals surface area contributed by atoms with Crippen LogP contribution in [0.5, 0.6) is 0 Å². The Hall–Kier alpha value is -6.81. The summed E-state index contributed by atoms with van der Waals surface area (Å²) in [4.78, 5) is 42.9. The van der Waals surface area contributed by atoms with E-state index >= 15 is 13.6 Å².